The number of likely N-dealkylation sites (N-methyl/N-ethyl adjacent to an activating group) is 1. The Kier molecular flexibility index (Phi) is 37.2. The minimum atomic E-state index is -4.29. The number of phosphoric ester groups is 1. The van der Waals surface area contributed by atoms with Crippen molar-refractivity contribution >= 4 is 13.8 Å². The van der Waals surface area contributed by atoms with Crippen molar-refractivity contribution in [3.8, 4) is 0 Å². The van der Waals surface area contributed by atoms with E-state index >= 15 is 0 Å². The van der Waals surface area contributed by atoms with Gasteiger partial charge in [0.1, 0.15) is 19.3 Å². The van der Waals surface area contributed by atoms with Crippen LogP contribution in [-0.4, -0.2) is 75.6 Å². The highest BCUT2D eigenvalue weighted by Crippen LogP contribution is 2.43. The van der Waals surface area contributed by atoms with Gasteiger partial charge in [0.05, 0.1) is 34.4 Å². The number of quaternary nitrogens is 1. The molecule has 0 aromatic heterocycles. The molecule has 0 bridgehead atoms. The summed E-state index contributed by atoms with van der Waals surface area (Å²) in [7, 11) is 1.62. The molecule has 0 aliphatic heterocycles. The summed E-state index contributed by atoms with van der Waals surface area (Å²) in [4.78, 5) is 22.8. The average Bonchev–Trinajstić information content (AvgIpc) is 3.12. The normalized spacial score (nSPS) is 14.3. The number of rotatable bonds is 40. The first kappa shape index (κ1) is 52.5. The van der Waals surface area contributed by atoms with Crippen LogP contribution in [0, 0.1) is 0 Å². The van der Waals surface area contributed by atoms with Crippen molar-refractivity contribution in [3.05, 3.63) is 48.6 Å². The zero-order valence-corrected chi connectivity index (χ0v) is 36.6. The molecule has 0 spiro atoms. The first-order valence-electron chi connectivity index (χ1n) is 21.9. The van der Waals surface area contributed by atoms with Crippen LogP contribution in [0.1, 0.15) is 174 Å². The van der Waals surface area contributed by atoms with Crippen molar-refractivity contribution in [1.29, 1.82) is 0 Å². The lowest BCUT2D eigenvalue weighted by atomic mass is 10.0. The summed E-state index contributed by atoms with van der Waals surface area (Å²) in [5.41, 5.74) is 0. The van der Waals surface area contributed by atoms with Gasteiger partial charge >= 0.3 is 13.8 Å². The summed E-state index contributed by atoms with van der Waals surface area (Å²) in [5.74, 6) is -0.392. The molecule has 0 radical (unpaired) electrons. The van der Waals surface area contributed by atoms with Crippen molar-refractivity contribution in [2.45, 2.75) is 180 Å². The molecular formula is C45H85NO7P+. The van der Waals surface area contributed by atoms with E-state index in [4.69, 9.17) is 18.5 Å². The van der Waals surface area contributed by atoms with Crippen molar-refractivity contribution in [2.24, 2.45) is 0 Å². The molecule has 9 heteroatoms. The summed E-state index contributed by atoms with van der Waals surface area (Å²) in [6.07, 6.45) is 46.0. The third-order valence-electron chi connectivity index (χ3n) is 9.17. The van der Waals surface area contributed by atoms with Gasteiger partial charge in [-0.05, 0) is 38.5 Å². The Morgan fingerprint density at radius 3 is 1.50 bits per heavy atom. The Morgan fingerprint density at radius 1 is 0.593 bits per heavy atom. The van der Waals surface area contributed by atoms with Gasteiger partial charge in [-0.3, -0.25) is 13.8 Å². The van der Waals surface area contributed by atoms with Crippen LogP contribution in [-0.2, 0) is 27.9 Å². The highest BCUT2D eigenvalue weighted by molar-refractivity contribution is 7.47. The molecule has 316 valence electrons. The van der Waals surface area contributed by atoms with Crippen LogP contribution in [0.5, 0.6) is 0 Å². The van der Waals surface area contributed by atoms with E-state index in [1.54, 1.807) is 0 Å². The maximum atomic E-state index is 12.6. The van der Waals surface area contributed by atoms with Crippen LogP contribution >= 0.6 is 7.82 Å². The quantitative estimate of drug-likeness (QED) is 0.0218. The summed E-state index contributed by atoms with van der Waals surface area (Å²) < 4.78 is 34.9. The Morgan fingerprint density at radius 2 is 1.04 bits per heavy atom. The highest BCUT2D eigenvalue weighted by atomic mass is 31.2. The van der Waals surface area contributed by atoms with Crippen LogP contribution in [0.15, 0.2) is 48.6 Å². The SMILES string of the molecule is CC/C=C\C/C=C\C/C=C\C/C=C\CCC(=O)OC(COCCCCCCCCCCCCCCCCCCCCC)COP(=O)(O)OCC[N+](C)(C)C. The Hall–Kier alpha value is -1.54. The fourth-order valence-electron chi connectivity index (χ4n) is 5.80. The van der Waals surface area contributed by atoms with Gasteiger partial charge in [-0.15, -0.1) is 0 Å². The number of nitrogens with zero attached hydrogens (tertiary/aromatic N) is 1. The lowest BCUT2D eigenvalue weighted by Crippen LogP contribution is -2.37. The van der Waals surface area contributed by atoms with E-state index in [1.807, 2.05) is 33.3 Å². The summed E-state index contributed by atoms with van der Waals surface area (Å²) in [6.45, 7) is 5.42. The van der Waals surface area contributed by atoms with Crippen molar-refractivity contribution in [3.63, 3.8) is 0 Å². The van der Waals surface area contributed by atoms with Gasteiger partial charge in [-0.25, -0.2) is 4.57 Å². The van der Waals surface area contributed by atoms with Crippen molar-refractivity contribution in [2.75, 3.05) is 54.1 Å². The molecule has 0 amide bonds. The summed E-state index contributed by atoms with van der Waals surface area (Å²) >= 11 is 0. The molecule has 0 aromatic carbocycles. The Balaban J connectivity index is 4.25. The molecule has 1 N–H and O–H groups in total. The number of unbranched alkanes of at least 4 members (excludes halogenated alkanes) is 18. The van der Waals surface area contributed by atoms with Crippen molar-refractivity contribution < 1.29 is 37.3 Å². The highest BCUT2D eigenvalue weighted by Gasteiger charge is 2.26. The predicted molar refractivity (Wildman–Crippen MR) is 229 cm³/mol. The van der Waals surface area contributed by atoms with Gasteiger partial charge < -0.3 is 18.9 Å². The standard InChI is InChI=1S/C45H84NO7P/c1-6-8-10-12-14-16-18-20-21-22-23-24-25-27-29-31-33-35-37-40-50-42-44(43-52-54(48,49)51-41-39-46(3,4)5)53-45(47)38-36-34-32-30-28-26-19-17-15-13-11-9-7-2/h9,11,15,17,26,28,32,34,44H,6-8,10,12-14,16,18-25,27,29-31,33,35-43H2,1-5H3/p+1/b11-9-,17-15-,28-26-,34-32-. The van der Waals surface area contributed by atoms with E-state index in [9.17, 15) is 14.3 Å². The first-order valence-corrected chi connectivity index (χ1v) is 23.4. The van der Waals surface area contributed by atoms with Crippen LogP contribution in [0.3, 0.4) is 0 Å². The lowest BCUT2D eigenvalue weighted by molar-refractivity contribution is -0.870. The second kappa shape index (κ2) is 38.3. The van der Waals surface area contributed by atoms with Gasteiger partial charge in [-0.2, -0.15) is 0 Å². The number of carbonyl (C=O) groups is 1. The smallest absolute Gasteiger partial charge is 0.457 e. The largest absolute Gasteiger partial charge is 0.472 e. The molecule has 0 saturated carbocycles. The Labute approximate surface area is 333 Å². The van der Waals surface area contributed by atoms with Crippen LogP contribution in [0.2, 0.25) is 0 Å². The monoisotopic (exact) mass is 783 g/mol. The third kappa shape index (κ3) is 41.6. The molecule has 0 aliphatic rings. The van der Waals surface area contributed by atoms with Crippen LogP contribution in [0.4, 0.5) is 0 Å². The van der Waals surface area contributed by atoms with E-state index in [1.165, 1.54) is 109 Å². The van der Waals surface area contributed by atoms with Gasteiger partial charge in [0.25, 0.3) is 0 Å². The molecule has 0 heterocycles. The molecule has 0 aromatic rings. The molecule has 0 saturated heterocycles. The Bertz CT molecular complexity index is 1000. The second-order valence-corrected chi connectivity index (χ2v) is 17.2. The first-order chi connectivity index (χ1) is 26.1. The topological polar surface area (TPSA) is 91.3 Å². The van der Waals surface area contributed by atoms with Gasteiger partial charge in [0.15, 0.2) is 0 Å². The number of hydrogen-bond donors (Lipinski definition) is 1. The summed E-state index contributed by atoms with van der Waals surface area (Å²) in [6, 6.07) is 0. The molecular weight excluding hydrogens is 697 g/mol. The zero-order chi connectivity index (χ0) is 39.9. The number of carbonyl (C=O) groups excluding carboxylic acids is 1. The van der Waals surface area contributed by atoms with Crippen LogP contribution in [0.25, 0.3) is 0 Å². The fourth-order valence-corrected chi connectivity index (χ4v) is 6.54. The minimum Gasteiger partial charge on any atom is -0.457 e. The van der Waals surface area contributed by atoms with E-state index in [2.05, 4.69) is 50.3 Å². The molecule has 54 heavy (non-hydrogen) atoms. The summed E-state index contributed by atoms with van der Waals surface area (Å²) in [5, 5.41) is 0. The molecule has 0 aliphatic carbocycles. The van der Waals surface area contributed by atoms with E-state index < -0.39 is 19.9 Å². The number of allylic oxidation sites excluding steroid dienone is 8. The molecule has 2 atom stereocenters. The third-order valence-corrected chi connectivity index (χ3v) is 10.2. The predicted octanol–water partition coefficient (Wildman–Crippen LogP) is 12.8. The number of hydrogen-bond acceptors (Lipinski definition) is 6. The number of esters is 1. The maximum Gasteiger partial charge on any atom is 0.472 e. The molecule has 8 nitrogen and oxygen atoms in total. The van der Waals surface area contributed by atoms with E-state index in [-0.39, 0.29) is 26.2 Å². The zero-order valence-electron chi connectivity index (χ0n) is 35.7. The lowest BCUT2D eigenvalue weighted by Gasteiger charge is -2.24. The minimum absolute atomic E-state index is 0.0759. The average molecular weight is 783 g/mol. The van der Waals surface area contributed by atoms with Crippen LogP contribution < -0.4 is 0 Å². The number of ether oxygens (including phenoxy) is 2. The second-order valence-electron chi connectivity index (χ2n) is 15.7. The molecule has 0 fully saturated rings. The number of phosphoric acid groups is 1. The van der Waals surface area contributed by atoms with Gasteiger partial charge in [0, 0.05) is 13.0 Å². The van der Waals surface area contributed by atoms with Crippen molar-refractivity contribution in [1.82, 2.24) is 0 Å². The van der Waals surface area contributed by atoms with E-state index in [0.29, 0.717) is 24.1 Å². The molecule has 0 rings (SSSR count). The van der Waals surface area contributed by atoms with E-state index in [0.717, 1.165) is 38.5 Å². The fraction of sp³-hybridized carbons (Fsp3) is 0.800. The maximum absolute atomic E-state index is 12.6. The van der Waals surface area contributed by atoms with Gasteiger partial charge in [0.2, 0.25) is 0 Å². The van der Waals surface area contributed by atoms with Gasteiger partial charge in [-0.1, -0.05) is 178 Å². The molecule has 2 unspecified atom stereocenters.